The fraction of sp³-hybridized carbons (Fsp3) is 0.400. The van der Waals surface area contributed by atoms with E-state index in [-0.39, 0.29) is 29.8 Å². The maximum Gasteiger partial charge on any atom is 0.194 e. The predicted octanol–water partition coefficient (Wildman–Crippen LogP) is 1.77. The minimum atomic E-state index is -0.203. The highest BCUT2D eigenvalue weighted by atomic mass is 127. The largest absolute Gasteiger partial charge is 0.368 e. The van der Waals surface area contributed by atoms with Crippen molar-refractivity contribution in [2.75, 3.05) is 44.7 Å². The van der Waals surface area contributed by atoms with E-state index in [4.69, 9.17) is 6.42 Å². The van der Waals surface area contributed by atoms with Gasteiger partial charge in [-0.1, -0.05) is 5.92 Å². The molecule has 6 heteroatoms. The van der Waals surface area contributed by atoms with Crippen molar-refractivity contribution in [3.63, 3.8) is 0 Å². The number of piperazine rings is 1. The number of nitrogens with one attached hydrogen (secondary N) is 1. The third kappa shape index (κ3) is 4.77. The number of benzene rings is 1. The van der Waals surface area contributed by atoms with E-state index in [1.807, 2.05) is 12.1 Å². The van der Waals surface area contributed by atoms with Crippen molar-refractivity contribution >= 4 is 35.6 Å². The van der Waals surface area contributed by atoms with E-state index in [1.165, 1.54) is 12.1 Å². The lowest BCUT2D eigenvalue weighted by Crippen LogP contribution is -2.52. The topological polar surface area (TPSA) is 30.9 Å². The van der Waals surface area contributed by atoms with Crippen LogP contribution in [0.3, 0.4) is 0 Å². The summed E-state index contributed by atoms with van der Waals surface area (Å²) >= 11 is 0. The average Bonchev–Trinajstić information content (AvgIpc) is 2.49. The molecule has 0 bridgehead atoms. The van der Waals surface area contributed by atoms with Crippen LogP contribution in [-0.2, 0) is 0 Å². The van der Waals surface area contributed by atoms with Crippen molar-refractivity contribution in [2.45, 2.75) is 0 Å². The van der Waals surface area contributed by atoms with Gasteiger partial charge in [-0.25, -0.2) is 4.39 Å². The minimum absolute atomic E-state index is 0. The van der Waals surface area contributed by atoms with Crippen LogP contribution in [0.4, 0.5) is 10.1 Å². The molecule has 1 N–H and O–H groups in total. The van der Waals surface area contributed by atoms with Crippen molar-refractivity contribution in [1.82, 2.24) is 10.2 Å². The summed E-state index contributed by atoms with van der Waals surface area (Å²) < 4.78 is 12.9. The lowest BCUT2D eigenvalue weighted by Gasteiger charge is -2.37. The molecule has 1 heterocycles. The Morgan fingerprint density at radius 3 is 2.43 bits per heavy atom. The first kappa shape index (κ1) is 17.6. The first-order valence-corrected chi connectivity index (χ1v) is 6.64. The highest BCUT2D eigenvalue weighted by Crippen LogP contribution is 2.16. The van der Waals surface area contributed by atoms with Gasteiger partial charge in [-0.2, -0.15) is 0 Å². The number of guanidine groups is 1. The summed E-state index contributed by atoms with van der Waals surface area (Å²) in [6.45, 7) is 3.96. The second kappa shape index (κ2) is 8.72. The highest BCUT2D eigenvalue weighted by molar-refractivity contribution is 14.0. The third-order valence-electron chi connectivity index (χ3n) is 3.33. The van der Waals surface area contributed by atoms with Crippen molar-refractivity contribution in [3.8, 4) is 12.3 Å². The number of anilines is 1. The summed E-state index contributed by atoms with van der Waals surface area (Å²) in [6.07, 6.45) is 5.25. The Labute approximate surface area is 142 Å². The Morgan fingerprint density at radius 2 is 1.90 bits per heavy atom. The van der Waals surface area contributed by atoms with E-state index < -0.39 is 0 Å². The van der Waals surface area contributed by atoms with Crippen LogP contribution >= 0.6 is 24.0 Å². The molecule has 0 saturated carbocycles. The zero-order chi connectivity index (χ0) is 14.4. The lowest BCUT2D eigenvalue weighted by molar-refractivity contribution is 0.374. The van der Waals surface area contributed by atoms with Gasteiger partial charge in [0, 0.05) is 38.9 Å². The summed E-state index contributed by atoms with van der Waals surface area (Å²) in [4.78, 5) is 8.64. The number of hydrogen-bond donors (Lipinski definition) is 1. The van der Waals surface area contributed by atoms with Crippen molar-refractivity contribution < 1.29 is 4.39 Å². The minimum Gasteiger partial charge on any atom is -0.368 e. The average molecular weight is 402 g/mol. The monoisotopic (exact) mass is 402 g/mol. The fourth-order valence-corrected chi connectivity index (χ4v) is 2.29. The fourth-order valence-electron chi connectivity index (χ4n) is 2.29. The SMILES string of the molecule is C#CCNC(=NC)N1CCN(c2ccc(F)cc2)CC1.I. The van der Waals surface area contributed by atoms with E-state index in [1.54, 1.807) is 7.05 Å². The molecule has 1 aromatic rings. The zero-order valence-electron chi connectivity index (χ0n) is 12.1. The molecule has 0 atom stereocenters. The Morgan fingerprint density at radius 1 is 1.29 bits per heavy atom. The van der Waals surface area contributed by atoms with E-state index in [2.05, 4.69) is 26.0 Å². The van der Waals surface area contributed by atoms with Crippen LogP contribution in [0.1, 0.15) is 0 Å². The maximum atomic E-state index is 12.9. The first-order valence-electron chi connectivity index (χ1n) is 6.64. The number of hydrogen-bond acceptors (Lipinski definition) is 2. The molecular weight excluding hydrogens is 382 g/mol. The van der Waals surface area contributed by atoms with E-state index in [0.717, 1.165) is 37.8 Å². The van der Waals surface area contributed by atoms with Crippen LogP contribution in [0, 0.1) is 18.2 Å². The molecule has 0 aliphatic carbocycles. The van der Waals surface area contributed by atoms with Gasteiger partial charge < -0.3 is 15.1 Å². The molecule has 0 aromatic heterocycles. The molecule has 1 aliphatic rings. The van der Waals surface area contributed by atoms with Crippen LogP contribution in [0.15, 0.2) is 29.3 Å². The van der Waals surface area contributed by atoms with Gasteiger partial charge in [-0.3, -0.25) is 4.99 Å². The Bertz CT molecular complexity index is 501. The van der Waals surface area contributed by atoms with Crippen molar-refractivity contribution in [2.24, 2.45) is 4.99 Å². The van der Waals surface area contributed by atoms with Crippen LogP contribution in [0.5, 0.6) is 0 Å². The van der Waals surface area contributed by atoms with Gasteiger partial charge in [0.15, 0.2) is 5.96 Å². The Hall–Kier alpha value is -1.49. The van der Waals surface area contributed by atoms with Crippen LogP contribution < -0.4 is 10.2 Å². The summed E-state index contributed by atoms with van der Waals surface area (Å²) in [5.41, 5.74) is 1.05. The van der Waals surface area contributed by atoms with Gasteiger partial charge in [0.1, 0.15) is 5.82 Å². The third-order valence-corrected chi connectivity index (χ3v) is 3.33. The van der Waals surface area contributed by atoms with E-state index in [0.29, 0.717) is 6.54 Å². The van der Waals surface area contributed by atoms with E-state index in [9.17, 15) is 4.39 Å². The molecule has 0 radical (unpaired) electrons. The number of rotatable bonds is 2. The number of terminal acetylenes is 1. The Kier molecular flexibility index (Phi) is 7.29. The second-order valence-corrected chi connectivity index (χ2v) is 4.56. The molecule has 0 spiro atoms. The summed E-state index contributed by atoms with van der Waals surface area (Å²) in [6, 6.07) is 6.62. The maximum absolute atomic E-state index is 12.9. The molecule has 1 saturated heterocycles. The van der Waals surface area contributed by atoms with E-state index >= 15 is 0 Å². The highest BCUT2D eigenvalue weighted by Gasteiger charge is 2.19. The normalized spacial score (nSPS) is 15.2. The molecule has 2 rings (SSSR count). The number of nitrogens with zero attached hydrogens (tertiary/aromatic N) is 3. The molecule has 114 valence electrons. The lowest BCUT2D eigenvalue weighted by atomic mass is 10.2. The summed E-state index contributed by atoms with van der Waals surface area (Å²) in [5, 5.41) is 3.12. The number of halogens is 2. The second-order valence-electron chi connectivity index (χ2n) is 4.56. The Balaban J connectivity index is 0.00000220. The zero-order valence-corrected chi connectivity index (χ0v) is 14.4. The standard InChI is InChI=1S/C15H19FN4.HI/c1-3-8-18-15(17-2)20-11-9-19(10-12-20)14-6-4-13(16)5-7-14;/h1,4-7H,8-12H2,2H3,(H,17,18);1H. The predicted molar refractivity (Wildman–Crippen MR) is 95.8 cm³/mol. The molecule has 1 fully saturated rings. The quantitative estimate of drug-likeness (QED) is 0.354. The number of aliphatic imine (C=N–C) groups is 1. The molecule has 1 aliphatic heterocycles. The van der Waals surface area contributed by atoms with Crippen molar-refractivity contribution in [1.29, 1.82) is 0 Å². The van der Waals surface area contributed by atoms with Crippen molar-refractivity contribution in [3.05, 3.63) is 30.1 Å². The molecule has 4 nitrogen and oxygen atoms in total. The molecule has 0 unspecified atom stereocenters. The van der Waals surface area contributed by atoms with Gasteiger partial charge in [0.25, 0.3) is 0 Å². The van der Waals surface area contributed by atoms with Gasteiger partial charge in [-0.15, -0.1) is 30.4 Å². The summed E-state index contributed by atoms with van der Waals surface area (Å²) in [7, 11) is 1.76. The molecular formula is C15H20FIN4. The molecule has 21 heavy (non-hydrogen) atoms. The first-order chi connectivity index (χ1) is 9.74. The van der Waals surface area contributed by atoms with Gasteiger partial charge in [0.2, 0.25) is 0 Å². The van der Waals surface area contributed by atoms with Crippen LogP contribution in [0.2, 0.25) is 0 Å². The smallest absolute Gasteiger partial charge is 0.194 e. The van der Waals surface area contributed by atoms with Gasteiger partial charge in [-0.05, 0) is 24.3 Å². The molecule has 1 aromatic carbocycles. The van der Waals surface area contributed by atoms with Gasteiger partial charge >= 0.3 is 0 Å². The van der Waals surface area contributed by atoms with Crippen LogP contribution in [-0.4, -0.2) is 50.6 Å². The summed E-state index contributed by atoms with van der Waals surface area (Å²) in [5.74, 6) is 3.18. The van der Waals surface area contributed by atoms with Crippen LogP contribution in [0.25, 0.3) is 0 Å². The molecule has 0 amide bonds. The van der Waals surface area contributed by atoms with Gasteiger partial charge in [0.05, 0.1) is 6.54 Å².